The molecule has 2 rings (SSSR count). The lowest BCUT2D eigenvalue weighted by Gasteiger charge is -2.33. The van der Waals surface area contributed by atoms with Gasteiger partial charge in [0.05, 0.1) is 0 Å². The minimum absolute atomic E-state index is 0.0661. The van der Waals surface area contributed by atoms with Gasteiger partial charge in [0.15, 0.2) is 5.78 Å². The molecular formula is C16H20O. The zero-order valence-electron chi connectivity index (χ0n) is 10.9. The van der Waals surface area contributed by atoms with Crippen LogP contribution in [-0.2, 0) is 4.79 Å². The van der Waals surface area contributed by atoms with Crippen LogP contribution in [0.5, 0.6) is 0 Å². The molecule has 0 saturated carbocycles. The maximum absolute atomic E-state index is 11.6. The molecule has 0 radical (unpaired) electrons. The second-order valence-corrected chi connectivity index (χ2v) is 5.82. The van der Waals surface area contributed by atoms with E-state index in [1.807, 2.05) is 12.1 Å². The molecule has 1 aromatic carbocycles. The van der Waals surface area contributed by atoms with Crippen molar-refractivity contribution in [3.8, 4) is 0 Å². The molecule has 0 bridgehead atoms. The Balaban J connectivity index is 2.40. The zero-order chi connectivity index (χ0) is 12.5. The van der Waals surface area contributed by atoms with E-state index in [0.29, 0.717) is 12.3 Å². The van der Waals surface area contributed by atoms with Crippen LogP contribution in [-0.4, -0.2) is 5.78 Å². The number of carbonyl (C=O) groups is 1. The van der Waals surface area contributed by atoms with E-state index in [9.17, 15) is 4.79 Å². The van der Waals surface area contributed by atoms with Crippen molar-refractivity contribution >= 4 is 5.78 Å². The highest BCUT2D eigenvalue weighted by Crippen LogP contribution is 2.42. The average molecular weight is 228 g/mol. The molecule has 1 aliphatic carbocycles. The van der Waals surface area contributed by atoms with Gasteiger partial charge in [0.1, 0.15) is 0 Å². The number of hydrogen-bond donors (Lipinski definition) is 0. The summed E-state index contributed by atoms with van der Waals surface area (Å²) in [4.78, 5) is 11.6. The minimum atomic E-state index is 0.0661. The van der Waals surface area contributed by atoms with Gasteiger partial charge in [-0.05, 0) is 23.5 Å². The predicted octanol–water partition coefficient (Wildman–Crippen LogP) is 4.11. The smallest absolute Gasteiger partial charge is 0.155 e. The molecule has 1 unspecified atom stereocenters. The molecule has 1 atom stereocenters. The van der Waals surface area contributed by atoms with E-state index in [1.54, 1.807) is 0 Å². The van der Waals surface area contributed by atoms with Crippen LogP contribution in [0.25, 0.3) is 0 Å². The van der Waals surface area contributed by atoms with E-state index in [-0.39, 0.29) is 11.2 Å². The molecule has 90 valence electrons. The first-order valence-electron chi connectivity index (χ1n) is 6.28. The summed E-state index contributed by atoms with van der Waals surface area (Å²) < 4.78 is 0. The van der Waals surface area contributed by atoms with Gasteiger partial charge in [-0.15, -0.1) is 0 Å². The molecule has 0 heterocycles. The second kappa shape index (κ2) is 4.48. The SMILES string of the molecule is CC(C)(C)C1=CC(=O)CCC1c1ccccc1. The molecule has 1 nitrogen and oxygen atoms in total. The van der Waals surface area contributed by atoms with E-state index >= 15 is 0 Å². The molecule has 1 heteroatoms. The molecule has 0 N–H and O–H groups in total. The molecule has 1 aromatic rings. The second-order valence-electron chi connectivity index (χ2n) is 5.82. The van der Waals surface area contributed by atoms with Crippen LogP contribution in [0.1, 0.15) is 45.1 Å². The third-order valence-electron chi connectivity index (χ3n) is 3.44. The average Bonchev–Trinajstić information content (AvgIpc) is 2.29. The Hall–Kier alpha value is -1.37. The van der Waals surface area contributed by atoms with Crippen LogP contribution in [0, 0.1) is 5.41 Å². The third-order valence-corrected chi connectivity index (χ3v) is 3.44. The summed E-state index contributed by atoms with van der Waals surface area (Å²) >= 11 is 0. The fourth-order valence-corrected chi connectivity index (χ4v) is 2.56. The van der Waals surface area contributed by atoms with Crippen LogP contribution < -0.4 is 0 Å². The van der Waals surface area contributed by atoms with Crippen LogP contribution in [0.15, 0.2) is 42.0 Å². The van der Waals surface area contributed by atoms with Gasteiger partial charge in [-0.25, -0.2) is 0 Å². The topological polar surface area (TPSA) is 17.1 Å². The monoisotopic (exact) mass is 228 g/mol. The van der Waals surface area contributed by atoms with Crippen LogP contribution >= 0.6 is 0 Å². The van der Waals surface area contributed by atoms with Crippen molar-refractivity contribution in [3.63, 3.8) is 0 Å². The van der Waals surface area contributed by atoms with E-state index in [2.05, 4.69) is 45.0 Å². The standard InChI is InChI=1S/C16H20O/c1-16(2,3)15-11-13(17)9-10-14(15)12-7-5-4-6-8-12/h4-8,11,14H,9-10H2,1-3H3. The van der Waals surface area contributed by atoms with Crippen molar-refractivity contribution in [1.29, 1.82) is 0 Å². The number of rotatable bonds is 1. The summed E-state index contributed by atoms with van der Waals surface area (Å²) in [6, 6.07) is 10.5. The Bertz CT molecular complexity index is 434. The number of ketones is 1. The van der Waals surface area contributed by atoms with Crippen molar-refractivity contribution in [1.82, 2.24) is 0 Å². The zero-order valence-corrected chi connectivity index (χ0v) is 10.9. The fourth-order valence-electron chi connectivity index (χ4n) is 2.56. The van der Waals surface area contributed by atoms with Gasteiger partial charge in [-0.3, -0.25) is 4.79 Å². The molecule has 0 spiro atoms. The number of carbonyl (C=O) groups excluding carboxylic acids is 1. The highest BCUT2D eigenvalue weighted by Gasteiger charge is 2.30. The van der Waals surface area contributed by atoms with E-state index < -0.39 is 0 Å². The highest BCUT2D eigenvalue weighted by molar-refractivity contribution is 5.91. The molecular weight excluding hydrogens is 208 g/mol. The van der Waals surface area contributed by atoms with E-state index in [1.165, 1.54) is 11.1 Å². The summed E-state index contributed by atoms with van der Waals surface area (Å²) in [5, 5.41) is 0. The summed E-state index contributed by atoms with van der Waals surface area (Å²) in [5.41, 5.74) is 2.68. The first-order valence-corrected chi connectivity index (χ1v) is 6.28. The first-order chi connectivity index (χ1) is 7.98. The van der Waals surface area contributed by atoms with Crippen LogP contribution in [0.3, 0.4) is 0 Å². The third kappa shape index (κ3) is 2.66. The Labute approximate surface area is 104 Å². The van der Waals surface area contributed by atoms with Gasteiger partial charge >= 0.3 is 0 Å². The summed E-state index contributed by atoms with van der Waals surface area (Å²) in [5.74, 6) is 0.691. The minimum Gasteiger partial charge on any atom is -0.295 e. The maximum Gasteiger partial charge on any atom is 0.155 e. The molecule has 1 aliphatic rings. The lowest BCUT2D eigenvalue weighted by Crippen LogP contribution is -2.22. The van der Waals surface area contributed by atoms with Crippen molar-refractivity contribution in [3.05, 3.63) is 47.5 Å². The van der Waals surface area contributed by atoms with E-state index in [0.717, 1.165) is 6.42 Å². The number of allylic oxidation sites excluding steroid dienone is 2. The summed E-state index contributed by atoms with van der Waals surface area (Å²) in [6.07, 6.45) is 3.51. The number of hydrogen-bond acceptors (Lipinski definition) is 1. The molecule has 17 heavy (non-hydrogen) atoms. The predicted molar refractivity (Wildman–Crippen MR) is 71.0 cm³/mol. The summed E-state index contributed by atoms with van der Waals surface area (Å²) in [7, 11) is 0. The highest BCUT2D eigenvalue weighted by atomic mass is 16.1. The normalized spacial score (nSPS) is 21.2. The summed E-state index contributed by atoms with van der Waals surface area (Å²) in [6.45, 7) is 6.56. The first kappa shape index (κ1) is 12.1. The van der Waals surface area contributed by atoms with Crippen LogP contribution in [0.2, 0.25) is 0 Å². The van der Waals surface area contributed by atoms with Gasteiger partial charge in [0.25, 0.3) is 0 Å². The molecule has 0 aromatic heterocycles. The Morgan fingerprint density at radius 2 is 1.76 bits per heavy atom. The van der Waals surface area contributed by atoms with Crippen LogP contribution in [0.4, 0.5) is 0 Å². The van der Waals surface area contributed by atoms with Crippen molar-refractivity contribution in [2.24, 2.45) is 5.41 Å². The van der Waals surface area contributed by atoms with Gasteiger partial charge in [0, 0.05) is 12.3 Å². The van der Waals surface area contributed by atoms with Crippen molar-refractivity contribution in [2.45, 2.75) is 39.5 Å². The van der Waals surface area contributed by atoms with Gasteiger partial charge in [-0.1, -0.05) is 56.7 Å². The van der Waals surface area contributed by atoms with Gasteiger partial charge in [0.2, 0.25) is 0 Å². The Kier molecular flexibility index (Phi) is 3.19. The Morgan fingerprint density at radius 1 is 1.12 bits per heavy atom. The fraction of sp³-hybridized carbons (Fsp3) is 0.438. The lowest BCUT2D eigenvalue weighted by atomic mass is 9.71. The largest absolute Gasteiger partial charge is 0.295 e. The molecule has 0 amide bonds. The van der Waals surface area contributed by atoms with E-state index in [4.69, 9.17) is 0 Å². The van der Waals surface area contributed by atoms with Gasteiger partial charge in [-0.2, -0.15) is 0 Å². The molecule has 0 aliphatic heterocycles. The molecule has 0 saturated heterocycles. The maximum atomic E-state index is 11.6. The Morgan fingerprint density at radius 3 is 2.35 bits per heavy atom. The molecule has 0 fully saturated rings. The van der Waals surface area contributed by atoms with Crippen molar-refractivity contribution < 1.29 is 4.79 Å². The quantitative estimate of drug-likeness (QED) is 0.707. The number of benzene rings is 1. The van der Waals surface area contributed by atoms with Gasteiger partial charge < -0.3 is 0 Å². The lowest BCUT2D eigenvalue weighted by molar-refractivity contribution is -0.115. The van der Waals surface area contributed by atoms with Crippen molar-refractivity contribution in [2.75, 3.05) is 0 Å².